The van der Waals surface area contributed by atoms with Crippen molar-refractivity contribution in [1.82, 2.24) is 9.80 Å². The van der Waals surface area contributed by atoms with Gasteiger partial charge in [-0.15, -0.1) is 0 Å². The van der Waals surface area contributed by atoms with E-state index in [4.69, 9.17) is 9.47 Å². The molecule has 0 radical (unpaired) electrons. The van der Waals surface area contributed by atoms with Crippen molar-refractivity contribution >= 4 is 23.0 Å². The lowest BCUT2D eigenvalue weighted by Gasteiger charge is -2.37. The molecule has 1 amide bonds. The van der Waals surface area contributed by atoms with Crippen LogP contribution in [0.3, 0.4) is 0 Å². The Morgan fingerprint density at radius 3 is 2.57 bits per heavy atom. The minimum absolute atomic E-state index is 0.115. The highest BCUT2D eigenvalue weighted by Crippen LogP contribution is 2.37. The molecule has 0 bridgehead atoms. The normalized spacial score (nSPS) is 35.0. The van der Waals surface area contributed by atoms with Crippen molar-refractivity contribution < 1.29 is 24.5 Å². The van der Waals surface area contributed by atoms with Crippen LogP contribution in [0, 0.1) is 0 Å². The summed E-state index contributed by atoms with van der Waals surface area (Å²) in [5.74, 6) is 0. The second-order valence-corrected chi connectivity index (χ2v) is 6.48. The van der Waals surface area contributed by atoms with Gasteiger partial charge in [-0.2, -0.15) is 0 Å². The zero-order valence-corrected chi connectivity index (χ0v) is 13.3. The lowest BCUT2D eigenvalue weighted by Crippen LogP contribution is -2.56. The molecule has 0 aromatic carbocycles. The van der Waals surface area contributed by atoms with Gasteiger partial charge in [-0.1, -0.05) is 11.8 Å². The van der Waals surface area contributed by atoms with Crippen LogP contribution in [0.5, 0.6) is 0 Å². The Morgan fingerprint density at radius 2 is 2.00 bits per heavy atom. The molecule has 2 heterocycles. The Kier molecular flexibility index (Phi) is 4.97. The third kappa shape index (κ3) is 3.42. The number of rotatable bonds is 2. The molecule has 0 aliphatic carbocycles. The summed E-state index contributed by atoms with van der Waals surface area (Å²) in [6.07, 6.45) is -3.48. The minimum atomic E-state index is -1.15. The van der Waals surface area contributed by atoms with E-state index < -0.39 is 30.4 Å². The van der Waals surface area contributed by atoms with Crippen LogP contribution in [0.2, 0.25) is 0 Å². The first kappa shape index (κ1) is 16.3. The van der Waals surface area contributed by atoms with Gasteiger partial charge >= 0.3 is 6.09 Å². The number of hydrogen-bond acceptors (Lipinski definition) is 8. The molecule has 0 aromatic rings. The van der Waals surface area contributed by atoms with Gasteiger partial charge in [0, 0.05) is 28.2 Å². The zero-order chi connectivity index (χ0) is 15.7. The Bertz CT molecular complexity index is 431. The molecule has 0 spiro atoms. The molecule has 1 saturated heterocycles. The average molecular weight is 319 g/mol. The fourth-order valence-corrected chi connectivity index (χ4v) is 3.21. The van der Waals surface area contributed by atoms with Crippen molar-refractivity contribution in [1.29, 1.82) is 0 Å². The van der Waals surface area contributed by atoms with Crippen LogP contribution in [0.4, 0.5) is 4.79 Å². The SMILES string of the molecule is CN(C)C(=O)OC[C@H]1O[C@@H]2SC(N(C)C)=N[C@@H]2[C@@H](O)[C@@H]1O. The van der Waals surface area contributed by atoms with E-state index in [1.165, 1.54) is 16.7 Å². The summed E-state index contributed by atoms with van der Waals surface area (Å²) in [5, 5.41) is 21.0. The van der Waals surface area contributed by atoms with E-state index in [-0.39, 0.29) is 12.0 Å². The predicted octanol–water partition coefficient (Wildman–Crippen LogP) is -0.836. The molecule has 0 aromatic heterocycles. The van der Waals surface area contributed by atoms with Gasteiger partial charge in [0.15, 0.2) is 5.17 Å². The summed E-state index contributed by atoms with van der Waals surface area (Å²) < 4.78 is 10.7. The average Bonchev–Trinajstić information content (AvgIpc) is 2.85. The van der Waals surface area contributed by atoms with Crippen LogP contribution in [0.25, 0.3) is 0 Å². The first-order valence-electron chi connectivity index (χ1n) is 6.58. The summed E-state index contributed by atoms with van der Waals surface area (Å²) in [7, 11) is 6.83. The zero-order valence-electron chi connectivity index (χ0n) is 12.5. The van der Waals surface area contributed by atoms with Gasteiger partial charge in [0.2, 0.25) is 0 Å². The fourth-order valence-electron chi connectivity index (χ4n) is 2.05. The molecule has 0 unspecified atom stereocenters. The third-order valence-corrected chi connectivity index (χ3v) is 4.57. The van der Waals surface area contributed by atoms with Gasteiger partial charge < -0.3 is 29.5 Å². The highest BCUT2D eigenvalue weighted by Gasteiger charge is 2.48. The van der Waals surface area contributed by atoms with E-state index in [0.29, 0.717) is 0 Å². The summed E-state index contributed by atoms with van der Waals surface area (Å²) in [4.78, 5) is 18.9. The van der Waals surface area contributed by atoms with Crippen LogP contribution in [0.15, 0.2) is 4.99 Å². The number of nitrogens with zero attached hydrogens (tertiary/aromatic N) is 3. The van der Waals surface area contributed by atoms with Gasteiger partial charge in [0.25, 0.3) is 0 Å². The molecular formula is C12H21N3O5S. The van der Waals surface area contributed by atoms with Crippen molar-refractivity contribution in [2.75, 3.05) is 34.8 Å². The van der Waals surface area contributed by atoms with Crippen LogP contribution < -0.4 is 0 Å². The van der Waals surface area contributed by atoms with E-state index in [0.717, 1.165) is 5.17 Å². The highest BCUT2D eigenvalue weighted by atomic mass is 32.2. The molecule has 2 N–H and O–H groups in total. The van der Waals surface area contributed by atoms with Gasteiger partial charge in [-0.05, 0) is 0 Å². The number of aliphatic hydroxyl groups is 2. The number of carbonyl (C=O) groups is 1. The fraction of sp³-hybridized carbons (Fsp3) is 0.833. The Labute approximate surface area is 127 Å². The molecule has 2 aliphatic heterocycles. The lowest BCUT2D eigenvalue weighted by molar-refractivity contribution is -0.165. The number of hydrogen-bond donors (Lipinski definition) is 2. The summed E-state index contributed by atoms with van der Waals surface area (Å²) in [6.45, 7) is -0.115. The molecule has 9 heteroatoms. The van der Waals surface area contributed by atoms with E-state index >= 15 is 0 Å². The number of amidine groups is 1. The number of carbonyl (C=O) groups excluding carboxylic acids is 1. The van der Waals surface area contributed by atoms with Crippen LogP contribution in [-0.4, -0.2) is 95.9 Å². The smallest absolute Gasteiger partial charge is 0.409 e. The molecule has 1 fully saturated rings. The molecule has 21 heavy (non-hydrogen) atoms. The first-order valence-corrected chi connectivity index (χ1v) is 7.46. The maximum absolute atomic E-state index is 11.4. The molecular weight excluding hydrogens is 298 g/mol. The highest BCUT2D eigenvalue weighted by molar-refractivity contribution is 8.14. The van der Waals surface area contributed by atoms with Gasteiger partial charge in [-0.25, -0.2) is 4.79 Å². The number of thioether (sulfide) groups is 1. The lowest BCUT2D eigenvalue weighted by atomic mass is 9.99. The number of ether oxygens (including phenoxy) is 2. The standard InChI is InChI=1S/C12H21N3O5S/c1-14(2)11-13-7-9(17)8(16)6(20-10(7)21-11)5-19-12(18)15(3)4/h6-10,16-17H,5H2,1-4H3/t6-,7-,8-,9-,10-/m1/s1. The number of fused-ring (bicyclic) bond motifs is 1. The number of aliphatic hydroxyl groups excluding tert-OH is 2. The molecule has 5 atom stereocenters. The van der Waals surface area contributed by atoms with Gasteiger partial charge in [0.1, 0.15) is 36.4 Å². The van der Waals surface area contributed by atoms with E-state index in [2.05, 4.69) is 4.99 Å². The van der Waals surface area contributed by atoms with Crippen LogP contribution in [0.1, 0.15) is 0 Å². The Morgan fingerprint density at radius 1 is 1.33 bits per heavy atom. The van der Waals surface area contributed by atoms with Crippen LogP contribution in [-0.2, 0) is 9.47 Å². The Hall–Kier alpha value is -1.03. The first-order chi connectivity index (χ1) is 9.81. The van der Waals surface area contributed by atoms with Gasteiger partial charge in [-0.3, -0.25) is 4.99 Å². The molecule has 2 aliphatic rings. The molecule has 0 saturated carbocycles. The molecule has 120 valence electrons. The second-order valence-electron chi connectivity index (χ2n) is 5.41. The number of amides is 1. The van der Waals surface area contributed by atoms with E-state index in [1.807, 2.05) is 19.0 Å². The summed E-state index contributed by atoms with van der Waals surface area (Å²) >= 11 is 1.38. The van der Waals surface area contributed by atoms with Crippen molar-refractivity contribution in [2.45, 2.75) is 29.8 Å². The quantitative estimate of drug-likeness (QED) is 0.685. The minimum Gasteiger partial charge on any atom is -0.447 e. The van der Waals surface area contributed by atoms with Crippen LogP contribution >= 0.6 is 11.8 Å². The molecule has 8 nitrogen and oxygen atoms in total. The largest absolute Gasteiger partial charge is 0.447 e. The van der Waals surface area contributed by atoms with E-state index in [9.17, 15) is 15.0 Å². The number of aliphatic imine (C=N–C) groups is 1. The maximum atomic E-state index is 11.4. The van der Waals surface area contributed by atoms with Crippen molar-refractivity contribution in [3.8, 4) is 0 Å². The van der Waals surface area contributed by atoms with Crippen molar-refractivity contribution in [2.24, 2.45) is 4.99 Å². The maximum Gasteiger partial charge on any atom is 0.409 e. The predicted molar refractivity (Wildman–Crippen MR) is 78.2 cm³/mol. The van der Waals surface area contributed by atoms with Crippen molar-refractivity contribution in [3.63, 3.8) is 0 Å². The van der Waals surface area contributed by atoms with Gasteiger partial charge in [0.05, 0.1) is 0 Å². The summed E-state index contributed by atoms with van der Waals surface area (Å²) in [5.41, 5.74) is -0.385. The topological polar surface area (TPSA) is 94.8 Å². The monoisotopic (exact) mass is 319 g/mol. The second kappa shape index (κ2) is 6.39. The van der Waals surface area contributed by atoms with Crippen molar-refractivity contribution in [3.05, 3.63) is 0 Å². The Balaban J connectivity index is 1.98. The molecule has 2 rings (SSSR count). The summed E-state index contributed by atoms with van der Waals surface area (Å²) in [6, 6.07) is -0.511. The third-order valence-electron chi connectivity index (χ3n) is 3.27. The van der Waals surface area contributed by atoms with E-state index in [1.54, 1.807) is 14.1 Å².